The number of benzene rings is 2. The molecule has 0 aliphatic carbocycles. The Balaban J connectivity index is 2.27. The molecule has 26 heavy (non-hydrogen) atoms. The summed E-state index contributed by atoms with van der Waals surface area (Å²) in [5, 5.41) is 13.4. The minimum absolute atomic E-state index is 0.0676. The third-order valence-corrected chi connectivity index (χ3v) is 5.80. The van der Waals surface area contributed by atoms with Crippen LogP contribution in [0.25, 0.3) is 0 Å². The van der Waals surface area contributed by atoms with E-state index in [1.54, 1.807) is 19.9 Å². The molecule has 0 bridgehead atoms. The highest BCUT2D eigenvalue weighted by atomic mass is 32.2. The van der Waals surface area contributed by atoms with Gasteiger partial charge in [0.2, 0.25) is 10.0 Å². The van der Waals surface area contributed by atoms with E-state index in [2.05, 4.69) is 5.32 Å². The number of nitro benzene ring substituents is 1. The molecule has 9 heteroatoms. The number of carbonyl (C=O) groups excluding carboxylic acids is 1. The van der Waals surface area contributed by atoms with E-state index >= 15 is 0 Å². The first-order chi connectivity index (χ1) is 12.3. The lowest BCUT2D eigenvalue weighted by Gasteiger charge is -2.18. The number of carbonyl (C=O) groups is 1. The fourth-order valence-corrected chi connectivity index (χ4v) is 3.92. The zero-order valence-corrected chi connectivity index (χ0v) is 15.2. The lowest BCUT2D eigenvalue weighted by Crippen LogP contribution is -2.30. The number of sulfonamides is 1. The number of amides is 1. The third kappa shape index (κ3) is 4.24. The fraction of sp³-hybridized carbons (Fsp3) is 0.235. The minimum Gasteiger partial charge on any atom is -0.322 e. The molecular formula is C17H19N3O5S. The van der Waals surface area contributed by atoms with Gasteiger partial charge in [0.15, 0.2) is 0 Å². The Labute approximate surface area is 151 Å². The Morgan fingerprint density at radius 1 is 1.12 bits per heavy atom. The van der Waals surface area contributed by atoms with Crippen molar-refractivity contribution in [3.8, 4) is 0 Å². The van der Waals surface area contributed by atoms with Gasteiger partial charge in [-0.05, 0) is 24.3 Å². The zero-order valence-electron chi connectivity index (χ0n) is 14.4. The summed E-state index contributed by atoms with van der Waals surface area (Å²) in [4.78, 5) is 22.6. The van der Waals surface area contributed by atoms with Gasteiger partial charge < -0.3 is 5.32 Å². The van der Waals surface area contributed by atoms with Crippen LogP contribution in [0.1, 0.15) is 24.2 Å². The molecule has 0 radical (unpaired) electrons. The van der Waals surface area contributed by atoms with E-state index in [0.717, 1.165) is 6.07 Å². The topological polar surface area (TPSA) is 110 Å². The minimum atomic E-state index is -3.65. The highest BCUT2D eigenvalue weighted by Gasteiger charge is 2.22. The summed E-state index contributed by atoms with van der Waals surface area (Å²) in [6, 6.07) is 11.2. The Bertz CT molecular complexity index is 924. The standard InChI is InChI=1S/C17H19N3O5S/c1-3-19(4-2)26(24,25)16-10-6-8-14(12-16)18-17(21)13-7-5-9-15(11-13)20(22)23/h5-12H,3-4H2,1-2H3,(H,18,21). The second kappa shape index (κ2) is 8.07. The molecule has 1 N–H and O–H groups in total. The lowest BCUT2D eigenvalue weighted by atomic mass is 10.2. The largest absolute Gasteiger partial charge is 0.322 e. The van der Waals surface area contributed by atoms with E-state index in [4.69, 9.17) is 0 Å². The number of nitrogens with zero attached hydrogens (tertiary/aromatic N) is 2. The van der Waals surface area contributed by atoms with Crippen LogP contribution in [-0.2, 0) is 10.0 Å². The van der Waals surface area contributed by atoms with Gasteiger partial charge in [0.25, 0.3) is 11.6 Å². The van der Waals surface area contributed by atoms with Crippen molar-refractivity contribution < 1.29 is 18.1 Å². The van der Waals surface area contributed by atoms with Crippen LogP contribution in [0.3, 0.4) is 0 Å². The van der Waals surface area contributed by atoms with Crippen LogP contribution in [-0.4, -0.2) is 36.6 Å². The molecule has 0 heterocycles. The summed E-state index contributed by atoms with van der Waals surface area (Å²) >= 11 is 0. The van der Waals surface area contributed by atoms with Gasteiger partial charge in [-0.25, -0.2) is 8.42 Å². The Kier molecular flexibility index (Phi) is 6.06. The number of rotatable bonds is 7. The molecule has 0 fully saturated rings. The molecule has 2 rings (SSSR count). The molecule has 0 unspecified atom stereocenters. The monoisotopic (exact) mass is 377 g/mol. The van der Waals surface area contributed by atoms with E-state index in [0.29, 0.717) is 13.1 Å². The average molecular weight is 377 g/mol. The molecule has 0 spiro atoms. The molecule has 138 valence electrons. The molecule has 0 aliphatic rings. The fourth-order valence-electron chi connectivity index (χ4n) is 2.41. The van der Waals surface area contributed by atoms with Crippen LogP contribution in [0, 0.1) is 10.1 Å². The first kappa shape index (κ1) is 19.5. The Morgan fingerprint density at radius 2 is 1.77 bits per heavy atom. The first-order valence-electron chi connectivity index (χ1n) is 7.95. The summed E-state index contributed by atoms with van der Waals surface area (Å²) in [5.74, 6) is -0.564. The van der Waals surface area contributed by atoms with Gasteiger partial charge in [-0.3, -0.25) is 14.9 Å². The second-order valence-corrected chi connectivity index (χ2v) is 7.32. The molecule has 8 nitrogen and oxygen atoms in total. The number of nitrogens with one attached hydrogen (secondary N) is 1. The Morgan fingerprint density at radius 3 is 2.38 bits per heavy atom. The first-order valence-corrected chi connectivity index (χ1v) is 9.39. The summed E-state index contributed by atoms with van der Waals surface area (Å²) in [7, 11) is -3.65. The summed E-state index contributed by atoms with van der Waals surface area (Å²) in [6.45, 7) is 4.16. The summed E-state index contributed by atoms with van der Waals surface area (Å²) < 4.78 is 26.4. The van der Waals surface area contributed by atoms with E-state index in [1.165, 1.54) is 40.7 Å². The summed E-state index contributed by atoms with van der Waals surface area (Å²) in [6.07, 6.45) is 0. The molecule has 0 atom stereocenters. The number of non-ortho nitro benzene ring substituents is 1. The smallest absolute Gasteiger partial charge is 0.270 e. The van der Waals surface area contributed by atoms with Crippen LogP contribution >= 0.6 is 0 Å². The van der Waals surface area contributed by atoms with E-state index < -0.39 is 20.9 Å². The number of hydrogen-bond acceptors (Lipinski definition) is 5. The van der Waals surface area contributed by atoms with E-state index in [1.807, 2.05) is 0 Å². The third-order valence-electron chi connectivity index (χ3n) is 3.75. The van der Waals surface area contributed by atoms with Gasteiger partial charge in [-0.2, -0.15) is 4.31 Å². The zero-order chi connectivity index (χ0) is 19.3. The molecule has 1 amide bonds. The predicted molar refractivity (Wildman–Crippen MR) is 97.6 cm³/mol. The Hall–Kier alpha value is -2.78. The second-order valence-electron chi connectivity index (χ2n) is 5.38. The maximum absolute atomic E-state index is 12.6. The molecule has 0 saturated heterocycles. The quantitative estimate of drug-likeness (QED) is 0.589. The molecular weight excluding hydrogens is 358 g/mol. The van der Waals surface area contributed by atoms with Crippen molar-refractivity contribution in [1.29, 1.82) is 0 Å². The maximum atomic E-state index is 12.6. The van der Waals surface area contributed by atoms with Crippen molar-refractivity contribution in [2.24, 2.45) is 0 Å². The SMILES string of the molecule is CCN(CC)S(=O)(=O)c1cccc(NC(=O)c2cccc([N+](=O)[O-])c2)c1. The van der Waals surface area contributed by atoms with Crippen LogP contribution in [0.4, 0.5) is 11.4 Å². The van der Waals surface area contributed by atoms with Gasteiger partial charge in [0.1, 0.15) is 0 Å². The van der Waals surface area contributed by atoms with Gasteiger partial charge in [-0.15, -0.1) is 0 Å². The van der Waals surface area contributed by atoms with Crippen LogP contribution in [0.5, 0.6) is 0 Å². The van der Waals surface area contributed by atoms with Crippen molar-refractivity contribution in [1.82, 2.24) is 4.31 Å². The predicted octanol–water partition coefficient (Wildman–Crippen LogP) is 2.88. The van der Waals surface area contributed by atoms with Crippen molar-refractivity contribution >= 4 is 27.3 Å². The lowest BCUT2D eigenvalue weighted by molar-refractivity contribution is -0.384. The number of nitro groups is 1. The molecule has 2 aromatic rings. The van der Waals surface area contributed by atoms with E-state index in [-0.39, 0.29) is 21.8 Å². The highest BCUT2D eigenvalue weighted by Crippen LogP contribution is 2.21. The normalized spacial score (nSPS) is 11.3. The maximum Gasteiger partial charge on any atom is 0.270 e. The summed E-state index contributed by atoms with van der Waals surface area (Å²) in [5.41, 5.74) is 0.196. The molecule has 0 aliphatic heterocycles. The van der Waals surface area contributed by atoms with E-state index in [9.17, 15) is 23.3 Å². The number of anilines is 1. The molecule has 0 saturated carbocycles. The molecule has 2 aromatic carbocycles. The van der Waals surface area contributed by atoms with Gasteiger partial charge in [0.05, 0.1) is 9.82 Å². The van der Waals surface area contributed by atoms with Crippen LogP contribution < -0.4 is 5.32 Å². The van der Waals surface area contributed by atoms with Crippen molar-refractivity contribution in [2.45, 2.75) is 18.7 Å². The van der Waals surface area contributed by atoms with Gasteiger partial charge >= 0.3 is 0 Å². The highest BCUT2D eigenvalue weighted by molar-refractivity contribution is 7.89. The van der Waals surface area contributed by atoms with Crippen LogP contribution in [0.15, 0.2) is 53.4 Å². The van der Waals surface area contributed by atoms with Crippen molar-refractivity contribution in [3.05, 3.63) is 64.2 Å². The average Bonchev–Trinajstić information content (AvgIpc) is 2.62. The van der Waals surface area contributed by atoms with Crippen molar-refractivity contribution in [3.63, 3.8) is 0 Å². The van der Waals surface area contributed by atoms with Gasteiger partial charge in [0, 0.05) is 36.5 Å². The van der Waals surface area contributed by atoms with Crippen molar-refractivity contribution in [2.75, 3.05) is 18.4 Å². The van der Waals surface area contributed by atoms with Crippen LogP contribution in [0.2, 0.25) is 0 Å². The van der Waals surface area contributed by atoms with Gasteiger partial charge in [-0.1, -0.05) is 26.0 Å². The number of hydrogen-bond donors (Lipinski definition) is 1. The molecule has 0 aromatic heterocycles.